The van der Waals surface area contributed by atoms with Crippen molar-refractivity contribution < 1.29 is 13.9 Å². The number of carbonyl (C=O) groups excluding carboxylic acids is 1. The third kappa shape index (κ3) is 3.96. The van der Waals surface area contributed by atoms with E-state index < -0.39 is 0 Å². The first-order valence-electron chi connectivity index (χ1n) is 7.98. The average Bonchev–Trinajstić information content (AvgIpc) is 2.95. The lowest BCUT2D eigenvalue weighted by atomic mass is 10.0. The van der Waals surface area contributed by atoms with Gasteiger partial charge in [0.05, 0.1) is 12.5 Å². The Balaban J connectivity index is 1.87. The number of aromatic amines is 1. The minimum absolute atomic E-state index is 0.214. The minimum Gasteiger partial charge on any atom is -0.469 e. The van der Waals surface area contributed by atoms with E-state index in [-0.39, 0.29) is 17.3 Å². The molecule has 3 aromatic rings. The van der Waals surface area contributed by atoms with Crippen LogP contribution in [0.5, 0.6) is 0 Å². The maximum atomic E-state index is 13.2. The smallest absolute Gasteiger partial charge is 0.305 e. The van der Waals surface area contributed by atoms with Crippen LogP contribution in [0.3, 0.4) is 0 Å². The van der Waals surface area contributed by atoms with Crippen LogP contribution in [0, 0.1) is 12.7 Å². The molecule has 0 aliphatic heterocycles. The number of methoxy groups -OCH3 is 1. The summed E-state index contributed by atoms with van der Waals surface area (Å²) in [4.78, 5) is 32.7. The van der Waals surface area contributed by atoms with Gasteiger partial charge >= 0.3 is 5.97 Å². The third-order valence-corrected chi connectivity index (χ3v) is 5.80. The molecule has 0 unspecified atom stereocenters. The van der Waals surface area contributed by atoms with Crippen molar-refractivity contribution in [3.8, 4) is 11.1 Å². The molecule has 1 aromatic carbocycles. The van der Waals surface area contributed by atoms with Gasteiger partial charge in [0.1, 0.15) is 10.6 Å². The van der Waals surface area contributed by atoms with Crippen LogP contribution in [0.1, 0.15) is 17.7 Å². The van der Waals surface area contributed by atoms with E-state index >= 15 is 0 Å². The summed E-state index contributed by atoms with van der Waals surface area (Å²) >= 11 is 2.84. The summed E-state index contributed by atoms with van der Waals surface area (Å²) in [5.41, 5.74) is 1.37. The fraction of sp³-hybridized carbons (Fsp3) is 0.278. The number of thioether (sulfide) groups is 1. The van der Waals surface area contributed by atoms with Gasteiger partial charge in [0.25, 0.3) is 5.56 Å². The molecule has 3 rings (SSSR count). The summed E-state index contributed by atoms with van der Waals surface area (Å²) in [6.07, 6.45) is 0.978. The summed E-state index contributed by atoms with van der Waals surface area (Å²) in [5.74, 6) is 0.0857. The monoisotopic (exact) mass is 392 g/mol. The van der Waals surface area contributed by atoms with Gasteiger partial charge in [-0.05, 0) is 31.0 Å². The van der Waals surface area contributed by atoms with Crippen LogP contribution in [0.15, 0.2) is 34.2 Å². The highest BCUT2D eigenvalue weighted by molar-refractivity contribution is 7.99. The van der Waals surface area contributed by atoms with Crippen molar-refractivity contribution in [1.82, 2.24) is 9.97 Å². The van der Waals surface area contributed by atoms with Crippen LogP contribution in [0.2, 0.25) is 0 Å². The zero-order chi connectivity index (χ0) is 18.7. The second-order valence-electron chi connectivity index (χ2n) is 5.62. The van der Waals surface area contributed by atoms with Gasteiger partial charge in [0.2, 0.25) is 0 Å². The number of thiophene rings is 1. The number of nitrogens with zero attached hydrogens (tertiary/aromatic N) is 1. The van der Waals surface area contributed by atoms with Gasteiger partial charge in [-0.2, -0.15) is 0 Å². The summed E-state index contributed by atoms with van der Waals surface area (Å²) < 4.78 is 17.8. The fourth-order valence-electron chi connectivity index (χ4n) is 2.62. The van der Waals surface area contributed by atoms with E-state index in [9.17, 15) is 14.0 Å². The van der Waals surface area contributed by atoms with E-state index in [0.717, 1.165) is 16.0 Å². The zero-order valence-corrected chi connectivity index (χ0v) is 15.9. The number of H-pyrrole nitrogens is 1. The molecule has 0 fully saturated rings. The largest absolute Gasteiger partial charge is 0.469 e. The van der Waals surface area contributed by atoms with E-state index in [1.165, 1.54) is 42.3 Å². The lowest BCUT2D eigenvalue weighted by Crippen LogP contribution is -2.09. The van der Waals surface area contributed by atoms with Gasteiger partial charge in [-0.25, -0.2) is 9.37 Å². The molecule has 26 heavy (non-hydrogen) atoms. The van der Waals surface area contributed by atoms with Crippen molar-refractivity contribution in [3.05, 3.63) is 45.3 Å². The number of aryl methyl sites for hydroxylation is 1. The molecule has 2 heterocycles. The number of benzene rings is 1. The third-order valence-electron chi connectivity index (χ3n) is 3.84. The number of esters is 1. The van der Waals surface area contributed by atoms with Gasteiger partial charge in [0.15, 0.2) is 5.16 Å². The highest BCUT2D eigenvalue weighted by Gasteiger charge is 2.17. The number of fused-ring (bicyclic) bond motifs is 1. The predicted molar refractivity (Wildman–Crippen MR) is 102 cm³/mol. The Morgan fingerprint density at radius 3 is 2.77 bits per heavy atom. The Morgan fingerprint density at radius 1 is 1.35 bits per heavy atom. The van der Waals surface area contributed by atoms with Gasteiger partial charge < -0.3 is 9.72 Å². The molecule has 0 amide bonds. The highest BCUT2D eigenvalue weighted by Crippen LogP contribution is 2.36. The van der Waals surface area contributed by atoms with E-state index in [1.54, 1.807) is 12.1 Å². The van der Waals surface area contributed by atoms with Gasteiger partial charge in [-0.3, -0.25) is 9.59 Å². The van der Waals surface area contributed by atoms with Gasteiger partial charge in [-0.15, -0.1) is 11.3 Å². The molecule has 0 saturated heterocycles. The van der Waals surface area contributed by atoms with Crippen molar-refractivity contribution in [2.45, 2.75) is 24.9 Å². The Kier molecular flexibility index (Phi) is 5.73. The Morgan fingerprint density at radius 2 is 2.08 bits per heavy atom. The number of aromatic nitrogens is 2. The number of hydrogen-bond acceptors (Lipinski definition) is 6. The summed E-state index contributed by atoms with van der Waals surface area (Å²) in [5, 5.41) is 1.05. The molecule has 1 N–H and O–H groups in total. The molecule has 2 aromatic heterocycles. The first kappa shape index (κ1) is 18.6. The van der Waals surface area contributed by atoms with Crippen LogP contribution in [-0.4, -0.2) is 28.8 Å². The fourth-order valence-corrected chi connectivity index (χ4v) is 4.53. The van der Waals surface area contributed by atoms with Crippen LogP contribution in [0.4, 0.5) is 4.39 Å². The van der Waals surface area contributed by atoms with E-state index in [2.05, 4.69) is 14.7 Å². The molecule has 0 spiro atoms. The quantitative estimate of drug-likeness (QED) is 0.295. The molecule has 0 saturated carbocycles. The number of halogens is 1. The first-order valence-corrected chi connectivity index (χ1v) is 9.78. The van der Waals surface area contributed by atoms with E-state index in [1.807, 2.05) is 6.92 Å². The molecular formula is C18H17FN2O3S2. The molecule has 136 valence electrons. The molecule has 0 radical (unpaired) electrons. The standard InChI is InChI=1S/C18H17FN2O3S2/c1-10-14(11-5-7-12(19)8-6-11)15-16(23)20-18(21-17(15)26-10)25-9-3-4-13(22)24-2/h5-8H,3-4,9H2,1-2H3,(H,20,21,23). The van der Waals surface area contributed by atoms with Crippen LogP contribution >= 0.6 is 23.1 Å². The molecule has 0 aliphatic rings. The van der Waals surface area contributed by atoms with Crippen LogP contribution < -0.4 is 5.56 Å². The maximum Gasteiger partial charge on any atom is 0.305 e. The zero-order valence-electron chi connectivity index (χ0n) is 14.3. The Labute approximate surface area is 157 Å². The normalized spacial score (nSPS) is 11.0. The number of rotatable bonds is 6. The van der Waals surface area contributed by atoms with E-state index in [0.29, 0.717) is 34.0 Å². The minimum atomic E-state index is -0.316. The van der Waals surface area contributed by atoms with Crippen molar-refractivity contribution in [2.75, 3.05) is 12.9 Å². The molecule has 0 aliphatic carbocycles. The number of hydrogen-bond donors (Lipinski definition) is 1. The molecule has 8 heteroatoms. The van der Waals surface area contributed by atoms with E-state index in [4.69, 9.17) is 0 Å². The molecule has 5 nitrogen and oxygen atoms in total. The predicted octanol–water partition coefficient (Wildman–Crippen LogP) is 4.14. The SMILES string of the molecule is COC(=O)CCCSc1nc2sc(C)c(-c3ccc(F)cc3)c2c(=O)[nH]1. The molecular weight excluding hydrogens is 375 g/mol. The summed E-state index contributed by atoms with van der Waals surface area (Å²) in [6.45, 7) is 1.92. The topological polar surface area (TPSA) is 72.0 Å². The maximum absolute atomic E-state index is 13.2. The highest BCUT2D eigenvalue weighted by atomic mass is 32.2. The molecule has 0 atom stereocenters. The second-order valence-corrected chi connectivity index (χ2v) is 7.91. The first-order chi connectivity index (χ1) is 12.5. The number of carbonyl (C=O) groups is 1. The van der Waals surface area contributed by atoms with Gasteiger partial charge in [-0.1, -0.05) is 23.9 Å². The number of nitrogens with one attached hydrogen (secondary N) is 1. The van der Waals surface area contributed by atoms with Gasteiger partial charge in [0, 0.05) is 22.6 Å². The second kappa shape index (κ2) is 8.01. The lowest BCUT2D eigenvalue weighted by molar-refractivity contribution is -0.140. The lowest BCUT2D eigenvalue weighted by Gasteiger charge is -2.03. The van der Waals surface area contributed by atoms with Crippen LogP contribution in [-0.2, 0) is 9.53 Å². The molecule has 0 bridgehead atoms. The number of ether oxygens (including phenoxy) is 1. The summed E-state index contributed by atoms with van der Waals surface area (Å²) in [7, 11) is 1.36. The van der Waals surface area contributed by atoms with Crippen molar-refractivity contribution >= 4 is 39.3 Å². The van der Waals surface area contributed by atoms with Crippen molar-refractivity contribution in [1.29, 1.82) is 0 Å². The Bertz CT molecular complexity index is 996. The average molecular weight is 392 g/mol. The van der Waals surface area contributed by atoms with Crippen molar-refractivity contribution in [2.24, 2.45) is 0 Å². The summed E-state index contributed by atoms with van der Waals surface area (Å²) in [6, 6.07) is 6.09. The van der Waals surface area contributed by atoms with Crippen LogP contribution in [0.25, 0.3) is 21.3 Å². The van der Waals surface area contributed by atoms with Crippen molar-refractivity contribution in [3.63, 3.8) is 0 Å². The Hall–Kier alpha value is -2.19.